The maximum atomic E-state index is 11.5. The van der Waals surface area contributed by atoms with Gasteiger partial charge in [-0.2, -0.15) is 0 Å². The van der Waals surface area contributed by atoms with Gasteiger partial charge < -0.3 is 9.80 Å². The van der Waals surface area contributed by atoms with Crippen molar-refractivity contribution in [3.8, 4) is 0 Å². The van der Waals surface area contributed by atoms with Gasteiger partial charge in [0.15, 0.2) is 5.52 Å². The second-order valence-corrected chi connectivity index (χ2v) is 6.69. The van der Waals surface area contributed by atoms with Crippen molar-refractivity contribution in [1.29, 1.82) is 0 Å². The molecule has 7 heteroatoms. The lowest BCUT2D eigenvalue weighted by Gasteiger charge is -2.42. The van der Waals surface area contributed by atoms with E-state index < -0.39 is 0 Å². The van der Waals surface area contributed by atoms with E-state index in [2.05, 4.69) is 45.2 Å². The molecule has 2 rings (SSSR count). The third-order valence-electron chi connectivity index (χ3n) is 4.95. The van der Waals surface area contributed by atoms with E-state index >= 15 is 0 Å². The van der Waals surface area contributed by atoms with Crippen LogP contribution < -0.4 is 5.32 Å². The first-order valence-electron chi connectivity index (χ1n) is 7.99. The van der Waals surface area contributed by atoms with Gasteiger partial charge in [-0.25, -0.2) is 9.72 Å². The molecule has 0 spiro atoms. The van der Waals surface area contributed by atoms with E-state index in [1.54, 1.807) is 22.8 Å². The van der Waals surface area contributed by atoms with Gasteiger partial charge in [0, 0.05) is 6.20 Å². The van der Waals surface area contributed by atoms with Crippen molar-refractivity contribution < 1.29 is 14.6 Å². The zero-order chi connectivity index (χ0) is 17.2. The molecule has 0 aliphatic heterocycles. The summed E-state index contributed by atoms with van der Waals surface area (Å²) in [6.45, 7) is 10.4. The minimum atomic E-state index is -0.121. The summed E-state index contributed by atoms with van der Waals surface area (Å²) in [5.74, 6) is 0.396. The predicted molar refractivity (Wildman–Crippen MR) is 90.1 cm³/mol. The van der Waals surface area contributed by atoms with E-state index in [0.29, 0.717) is 30.0 Å². The Balaban J connectivity index is 2.19. The summed E-state index contributed by atoms with van der Waals surface area (Å²) < 4.78 is 2.49. The highest BCUT2D eigenvalue weighted by molar-refractivity contribution is 5.76. The molecule has 23 heavy (non-hydrogen) atoms. The number of rotatable bonds is 7. The summed E-state index contributed by atoms with van der Waals surface area (Å²) in [5, 5.41) is 16.9. The second kappa shape index (κ2) is 6.54. The van der Waals surface area contributed by atoms with Crippen LogP contribution in [0.25, 0.3) is 5.52 Å². The zero-order valence-corrected chi connectivity index (χ0v) is 14.5. The molecule has 2 heterocycles. The first-order chi connectivity index (χ1) is 10.8. The van der Waals surface area contributed by atoms with Gasteiger partial charge in [-0.3, -0.25) is 0 Å². The zero-order valence-electron chi connectivity index (χ0n) is 14.5. The lowest BCUT2D eigenvalue weighted by Crippen LogP contribution is -2.56. The molecular formula is C16H27N5O2+2. The molecule has 0 saturated heterocycles. The number of nitrogens with zero attached hydrogens (tertiary/aromatic N) is 4. The van der Waals surface area contributed by atoms with Crippen LogP contribution in [0.5, 0.6) is 0 Å². The number of quaternary nitrogens is 1. The van der Waals surface area contributed by atoms with Gasteiger partial charge in [-0.15, -0.1) is 5.10 Å². The fraction of sp³-hybridized carbons (Fsp3) is 0.562. The van der Waals surface area contributed by atoms with Gasteiger partial charge in [0.25, 0.3) is 4.92 Å². The molecule has 7 nitrogen and oxygen atoms in total. The van der Waals surface area contributed by atoms with Crippen LogP contribution in [0.15, 0.2) is 24.4 Å². The molecule has 0 unspecified atom stereocenters. The Bertz CT molecular complexity index is 685. The van der Waals surface area contributed by atoms with Crippen LogP contribution >= 0.6 is 0 Å². The first kappa shape index (κ1) is 17.2. The van der Waals surface area contributed by atoms with Gasteiger partial charge in [0.1, 0.15) is 0 Å². The molecule has 126 valence electrons. The Morgan fingerprint density at radius 3 is 2.52 bits per heavy atom. The summed E-state index contributed by atoms with van der Waals surface area (Å²) >= 11 is 0. The number of fused-ring (bicyclic) bond motifs is 1. The third-order valence-corrected chi connectivity index (χ3v) is 4.95. The maximum Gasteiger partial charge on any atom is 0.385 e. The smallest absolute Gasteiger partial charge is 0.357 e. The summed E-state index contributed by atoms with van der Waals surface area (Å²) in [5.41, 5.74) is 0.714. The third kappa shape index (κ3) is 3.29. The number of likely N-dealkylation sites (N-methyl/N-ethyl adjacent to an activating group) is 1. The van der Waals surface area contributed by atoms with E-state index in [1.807, 2.05) is 6.07 Å². The summed E-state index contributed by atoms with van der Waals surface area (Å²) in [6, 6.07) is 6.36. The standard InChI is InChI=1S/C16H27N5O2/c1-12(2)21(5,13(3)4)11-9-17-16-15(20(22)23)14-8-6-7-10-19(14)18-16/h6-8,10,12-13H,9,11H2,1-5H3,(H,17,18)(H,22,23)/q+2. The van der Waals surface area contributed by atoms with Gasteiger partial charge in [-0.05, 0) is 39.8 Å². The van der Waals surface area contributed by atoms with Crippen LogP contribution in [0.1, 0.15) is 27.7 Å². The van der Waals surface area contributed by atoms with Crippen LogP contribution in [0, 0.1) is 4.91 Å². The molecular weight excluding hydrogens is 294 g/mol. The Hall–Kier alpha value is -2.15. The summed E-state index contributed by atoms with van der Waals surface area (Å²) in [7, 11) is 2.23. The Labute approximate surface area is 136 Å². The van der Waals surface area contributed by atoms with E-state index in [0.717, 1.165) is 11.0 Å². The molecule has 2 N–H and O–H groups in total. The van der Waals surface area contributed by atoms with Gasteiger partial charge in [-0.1, -0.05) is 6.07 Å². The SMILES string of the molecule is CC(C)[N+](C)(CCNc1nn2ccccc2c1[N+](=O)O)C(C)C. The normalized spacial score (nSPS) is 12.3. The van der Waals surface area contributed by atoms with Crippen LogP contribution in [0.4, 0.5) is 11.5 Å². The van der Waals surface area contributed by atoms with Crippen LogP contribution in [-0.2, 0) is 0 Å². The van der Waals surface area contributed by atoms with Crippen molar-refractivity contribution in [2.45, 2.75) is 39.8 Å². The number of pyridine rings is 1. The van der Waals surface area contributed by atoms with Crippen molar-refractivity contribution in [3.05, 3.63) is 29.3 Å². The number of anilines is 1. The molecule has 0 fully saturated rings. The molecule has 2 aromatic heterocycles. The second-order valence-electron chi connectivity index (χ2n) is 6.69. The quantitative estimate of drug-likeness (QED) is 0.608. The average molecular weight is 321 g/mol. The Morgan fingerprint density at radius 1 is 1.30 bits per heavy atom. The number of hydrogen-bond acceptors (Lipinski definition) is 3. The molecule has 0 aliphatic carbocycles. The van der Waals surface area contributed by atoms with Crippen molar-refractivity contribution in [3.63, 3.8) is 0 Å². The maximum absolute atomic E-state index is 11.5. The largest absolute Gasteiger partial charge is 0.385 e. The molecule has 0 bridgehead atoms. The first-order valence-corrected chi connectivity index (χ1v) is 7.99. The molecule has 0 amide bonds. The molecule has 0 atom stereocenters. The Morgan fingerprint density at radius 2 is 1.96 bits per heavy atom. The van der Waals surface area contributed by atoms with E-state index in [9.17, 15) is 10.1 Å². The van der Waals surface area contributed by atoms with Crippen molar-refractivity contribution in [2.75, 3.05) is 25.5 Å². The predicted octanol–water partition coefficient (Wildman–Crippen LogP) is 2.81. The van der Waals surface area contributed by atoms with Gasteiger partial charge in [0.2, 0.25) is 5.82 Å². The molecule has 2 aromatic rings. The van der Waals surface area contributed by atoms with E-state index in [1.165, 1.54) is 0 Å². The van der Waals surface area contributed by atoms with Crippen molar-refractivity contribution in [2.24, 2.45) is 0 Å². The van der Waals surface area contributed by atoms with Crippen LogP contribution in [-0.4, -0.2) is 56.4 Å². The van der Waals surface area contributed by atoms with Crippen molar-refractivity contribution in [1.82, 2.24) is 9.61 Å². The molecule has 0 aliphatic rings. The van der Waals surface area contributed by atoms with Crippen molar-refractivity contribution >= 4 is 17.0 Å². The highest BCUT2D eigenvalue weighted by Crippen LogP contribution is 2.28. The average Bonchev–Trinajstić information content (AvgIpc) is 2.84. The van der Waals surface area contributed by atoms with E-state index in [-0.39, 0.29) is 10.6 Å². The molecule has 0 saturated carbocycles. The van der Waals surface area contributed by atoms with Gasteiger partial charge in [0.05, 0.1) is 37.1 Å². The molecule has 0 radical (unpaired) electrons. The fourth-order valence-corrected chi connectivity index (χ4v) is 2.82. The number of nitrogens with one attached hydrogen (secondary N) is 1. The number of aromatic nitrogens is 2. The van der Waals surface area contributed by atoms with Crippen LogP contribution in [0.2, 0.25) is 0 Å². The minimum absolute atomic E-state index is 0.121. The highest BCUT2D eigenvalue weighted by atomic mass is 16.6. The minimum Gasteiger partial charge on any atom is -0.357 e. The van der Waals surface area contributed by atoms with Crippen LogP contribution in [0.3, 0.4) is 0 Å². The van der Waals surface area contributed by atoms with E-state index in [4.69, 9.17) is 0 Å². The molecule has 0 aromatic carbocycles. The monoisotopic (exact) mass is 321 g/mol. The number of hydrogen-bond donors (Lipinski definition) is 2. The lowest BCUT2D eigenvalue weighted by molar-refractivity contribution is -0.947. The fourth-order valence-electron chi connectivity index (χ4n) is 2.82. The summed E-state index contributed by atoms with van der Waals surface area (Å²) in [4.78, 5) is 11.4. The summed E-state index contributed by atoms with van der Waals surface area (Å²) in [6.07, 6.45) is 1.75. The topological polar surface area (TPSA) is 69.6 Å². The van der Waals surface area contributed by atoms with Gasteiger partial charge >= 0.3 is 5.69 Å². The lowest BCUT2D eigenvalue weighted by atomic mass is 10.1. The Kier molecular flexibility index (Phi) is 4.89. The highest BCUT2D eigenvalue weighted by Gasteiger charge is 2.31.